The van der Waals surface area contributed by atoms with Gasteiger partial charge in [0, 0.05) is 13.6 Å². The molecule has 2 aromatic heterocycles. The second-order valence-corrected chi connectivity index (χ2v) is 3.64. The van der Waals surface area contributed by atoms with E-state index in [1.807, 2.05) is 20.8 Å². The van der Waals surface area contributed by atoms with Crippen LogP contribution in [0.1, 0.15) is 41.0 Å². The van der Waals surface area contributed by atoms with E-state index in [2.05, 4.69) is 34.1 Å². The minimum Gasteiger partial charge on any atom is -0.356 e. The normalized spacial score (nSPS) is 9.16. The van der Waals surface area contributed by atoms with Gasteiger partial charge in [-0.1, -0.05) is 34.1 Å². The van der Waals surface area contributed by atoms with Gasteiger partial charge in [-0.2, -0.15) is 4.98 Å². The molecular formula is C13H25N5O. The number of anilines is 1. The maximum Gasteiger partial charge on any atom is 0.277 e. The number of aromatic amines is 1. The molecule has 2 N–H and O–H groups in total. The first kappa shape index (κ1) is 17.2. The van der Waals surface area contributed by atoms with E-state index in [0.29, 0.717) is 17.1 Å². The highest BCUT2D eigenvalue weighted by Crippen LogP contribution is 2.10. The number of H-pyrrole nitrogens is 1. The average molecular weight is 267 g/mol. The van der Waals surface area contributed by atoms with E-state index in [-0.39, 0.29) is 5.56 Å². The highest BCUT2D eigenvalue weighted by molar-refractivity contribution is 5.73. The van der Waals surface area contributed by atoms with Gasteiger partial charge in [-0.25, -0.2) is 4.98 Å². The monoisotopic (exact) mass is 267 g/mol. The van der Waals surface area contributed by atoms with Gasteiger partial charge in [0.1, 0.15) is 0 Å². The summed E-state index contributed by atoms with van der Waals surface area (Å²) in [7, 11) is 1.78. The summed E-state index contributed by atoms with van der Waals surface area (Å²) >= 11 is 0. The first-order chi connectivity index (χ1) is 9.15. The van der Waals surface area contributed by atoms with E-state index in [0.717, 1.165) is 6.54 Å². The predicted octanol–water partition coefficient (Wildman–Crippen LogP) is 2.53. The maximum atomic E-state index is 11.4. The van der Waals surface area contributed by atoms with Gasteiger partial charge in [0.15, 0.2) is 11.2 Å². The Morgan fingerprint density at radius 3 is 2.37 bits per heavy atom. The molecule has 0 atom stereocenters. The zero-order valence-electron chi connectivity index (χ0n) is 12.7. The van der Waals surface area contributed by atoms with Crippen molar-refractivity contribution in [1.29, 1.82) is 0 Å². The Bertz CT molecular complexity index is 529. The van der Waals surface area contributed by atoms with Gasteiger partial charge in [-0.15, -0.1) is 0 Å². The molecule has 0 spiro atoms. The summed E-state index contributed by atoms with van der Waals surface area (Å²) in [5, 5.41) is 3.05. The van der Waals surface area contributed by atoms with Crippen LogP contribution in [0, 0.1) is 0 Å². The van der Waals surface area contributed by atoms with Crippen LogP contribution in [0.5, 0.6) is 0 Å². The summed E-state index contributed by atoms with van der Waals surface area (Å²) in [6, 6.07) is 0. The van der Waals surface area contributed by atoms with Crippen LogP contribution in [-0.2, 0) is 7.05 Å². The number of imidazole rings is 1. The highest BCUT2D eigenvalue weighted by Gasteiger charge is 2.10. The highest BCUT2D eigenvalue weighted by atomic mass is 16.1. The SMILES string of the molecule is CC.CCC.CCNc1nc2nc[nH]c(=O)c2n1C. The van der Waals surface area contributed by atoms with Crippen LogP contribution >= 0.6 is 0 Å². The van der Waals surface area contributed by atoms with Crippen LogP contribution in [0.2, 0.25) is 0 Å². The van der Waals surface area contributed by atoms with Crippen molar-refractivity contribution in [1.82, 2.24) is 19.5 Å². The van der Waals surface area contributed by atoms with Crippen LogP contribution in [0.4, 0.5) is 5.95 Å². The van der Waals surface area contributed by atoms with Crippen LogP contribution in [-0.4, -0.2) is 26.1 Å². The molecule has 6 nitrogen and oxygen atoms in total. The minimum absolute atomic E-state index is 0.172. The molecule has 6 heteroatoms. The average Bonchev–Trinajstić information content (AvgIpc) is 2.72. The third-order valence-electron chi connectivity index (χ3n) is 2.01. The molecule has 2 aromatic rings. The van der Waals surface area contributed by atoms with Crippen LogP contribution in [0.3, 0.4) is 0 Å². The lowest BCUT2D eigenvalue weighted by Crippen LogP contribution is -2.10. The Morgan fingerprint density at radius 2 is 1.89 bits per heavy atom. The first-order valence-corrected chi connectivity index (χ1v) is 6.79. The predicted molar refractivity (Wildman–Crippen MR) is 80.6 cm³/mol. The quantitative estimate of drug-likeness (QED) is 0.876. The summed E-state index contributed by atoms with van der Waals surface area (Å²) in [4.78, 5) is 22.1. The van der Waals surface area contributed by atoms with Gasteiger partial charge in [0.05, 0.1) is 6.33 Å². The second-order valence-electron chi connectivity index (χ2n) is 3.64. The number of hydrogen-bond donors (Lipinski definition) is 2. The summed E-state index contributed by atoms with van der Waals surface area (Å²) < 4.78 is 1.70. The van der Waals surface area contributed by atoms with Crippen molar-refractivity contribution in [3.8, 4) is 0 Å². The van der Waals surface area contributed by atoms with Crippen molar-refractivity contribution in [2.75, 3.05) is 11.9 Å². The van der Waals surface area contributed by atoms with Crippen molar-refractivity contribution in [3.63, 3.8) is 0 Å². The molecule has 108 valence electrons. The Balaban J connectivity index is 0.000000573. The van der Waals surface area contributed by atoms with E-state index in [1.165, 1.54) is 12.7 Å². The molecule has 0 aliphatic heterocycles. The number of aromatic nitrogens is 4. The number of fused-ring (bicyclic) bond motifs is 1. The van der Waals surface area contributed by atoms with Gasteiger partial charge in [0.2, 0.25) is 5.95 Å². The van der Waals surface area contributed by atoms with Crippen LogP contribution in [0.15, 0.2) is 11.1 Å². The molecule has 0 unspecified atom stereocenters. The molecule has 0 aromatic carbocycles. The van der Waals surface area contributed by atoms with E-state index in [1.54, 1.807) is 11.6 Å². The molecular weight excluding hydrogens is 242 g/mol. The Morgan fingerprint density at radius 1 is 1.32 bits per heavy atom. The van der Waals surface area contributed by atoms with E-state index >= 15 is 0 Å². The zero-order chi connectivity index (χ0) is 14.8. The Labute approximate surface area is 114 Å². The van der Waals surface area contributed by atoms with E-state index < -0.39 is 0 Å². The fraction of sp³-hybridized carbons (Fsp3) is 0.615. The van der Waals surface area contributed by atoms with Crippen molar-refractivity contribution >= 4 is 17.1 Å². The van der Waals surface area contributed by atoms with Crippen LogP contribution < -0.4 is 10.9 Å². The number of rotatable bonds is 2. The molecule has 0 aliphatic rings. The lowest BCUT2D eigenvalue weighted by Gasteiger charge is -2.00. The Kier molecular flexibility index (Phi) is 8.24. The van der Waals surface area contributed by atoms with Gasteiger partial charge >= 0.3 is 0 Å². The molecule has 19 heavy (non-hydrogen) atoms. The molecule has 0 saturated carbocycles. The lowest BCUT2D eigenvalue weighted by molar-refractivity contribution is 0.928. The second kappa shape index (κ2) is 9.13. The number of nitrogens with one attached hydrogen (secondary N) is 2. The summed E-state index contributed by atoms with van der Waals surface area (Å²) in [6.45, 7) is 11.0. The van der Waals surface area contributed by atoms with Gasteiger partial charge in [0.25, 0.3) is 5.56 Å². The van der Waals surface area contributed by atoms with Crippen molar-refractivity contribution < 1.29 is 0 Å². The fourth-order valence-corrected chi connectivity index (χ4v) is 1.36. The molecule has 0 radical (unpaired) electrons. The van der Waals surface area contributed by atoms with Gasteiger partial charge in [-0.3, -0.25) is 4.79 Å². The zero-order valence-corrected chi connectivity index (χ0v) is 12.7. The molecule has 2 heterocycles. The topological polar surface area (TPSA) is 75.6 Å². The van der Waals surface area contributed by atoms with E-state index in [4.69, 9.17) is 0 Å². The maximum absolute atomic E-state index is 11.4. The molecule has 2 rings (SSSR count). The standard InChI is InChI=1S/C8H11N5O.C3H8.C2H6/c1-3-9-8-12-6-5(13(8)2)7(14)11-4-10-6;1-3-2;1-2/h4H,3H2,1-2H3,(H2,9,10,11,12,14);3H2,1-2H3;1-2H3. The van der Waals surface area contributed by atoms with Gasteiger partial charge in [-0.05, 0) is 6.92 Å². The molecule has 0 saturated heterocycles. The molecule has 0 bridgehead atoms. The smallest absolute Gasteiger partial charge is 0.277 e. The molecule has 0 aliphatic carbocycles. The summed E-state index contributed by atoms with van der Waals surface area (Å²) in [5.41, 5.74) is 0.782. The number of hydrogen-bond acceptors (Lipinski definition) is 4. The van der Waals surface area contributed by atoms with Crippen molar-refractivity contribution in [2.24, 2.45) is 7.05 Å². The minimum atomic E-state index is -0.172. The number of aryl methyl sites for hydroxylation is 1. The molecule has 0 amide bonds. The Hall–Kier alpha value is -1.85. The third kappa shape index (κ3) is 4.39. The van der Waals surface area contributed by atoms with Crippen molar-refractivity contribution in [3.05, 3.63) is 16.7 Å². The van der Waals surface area contributed by atoms with Crippen molar-refractivity contribution in [2.45, 2.75) is 41.0 Å². The largest absolute Gasteiger partial charge is 0.356 e. The van der Waals surface area contributed by atoms with Crippen LogP contribution in [0.25, 0.3) is 11.2 Å². The summed E-state index contributed by atoms with van der Waals surface area (Å²) in [5.74, 6) is 0.659. The lowest BCUT2D eigenvalue weighted by atomic mass is 10.5. The first-order valence-electron chi connectivity index (χ1n) is 6.79. The summed E-state index contributed by atoms with van der Waals surface area (Å²) in [6.07, 6.45) is 2.60. The number of nitrogens with zero attached hydrogens (tertiary/aromatic N) is 3. The fourth-order valence-electron chi connectivity index (χ4n) is 1.36. The third-order valence-corrected chi connectivity index (χ3v) is 2.01. The molecule has 0 fully saturated rings. The van der Waals surface area contributed by atoms with E-state index in [9.17, 15) is 4.79 Å². The van der Waals surface area contributed by atoms with Gasteiger partial charge < -0.3 is 14.9 Å².